The van der Waals surface area contributed by atoms with Crippen LogP contribution >= 0.6 is 0 Å². The molecule has 1 heterocycles. The van der Waals surface area contributed by atoms with Crippen molar-refractivity contribution in [2.75, 3.05) is 0 Å². The van der Waals surface area contributed by atoms with Gasteiger partial charge in [0.1, 0.15) is 0 Å². The van der Waals surface area contributed by atoms with Crippen molar-refractivity contribution >= 4 is 16.6 Å². The number of allylic oxidation sites excluding steroid dienone is 2. The summed E-state index contributed by atoms with van der Waals surface area (Å²) in [6.45, 7) is 15.9. The number of benzene rings is 4. The number of aliphatic hydroxyl groups excluding tert-OH is 1. The smallest absolute Gasteiger partial charge is 0.418 e. The normalized spacial score (nSPS) is 13.4. The molecule has 1 radical (unpaired) electrons. The predicted octanol–water partition coefficient (Wildman–Crippen LogP) is 15.4. The minimum Gasteiger partial charge on any atom is -0.512 e. The predicted molar refractivity (Wildman–Crippen MR) is 228 cm³/mol. The number of rotatable bonds is 12. The minimum absolute atomic E-state index is 0. The molecule has 5 rings (SSSR count). The molecule has 0 atom stereocenters. The maximum Gasteiger partial charge on any atom is 0.418 e. The maximum absolute atomic E-state index is 14.2. The molecule has 0 unspecified atom stereocenters. The zero-order valence-electron chi connectivity index (χ0n) is 37.6. The molecule has 5 aromatic rings. The van der Waals surface area contributed by atoms with Gasteiger partial charge in [0.25, 0.3) is 0 Å². The Morgan fingerprint density at radius 2 is 1.27 bits per heavy atom. The van der Waals surface area contributed by atoms with E-state index in [4.69, 9.17) is 2.74 Å². The number of hydrogen-bond donors (Lipinski definition) is 1. The second-order valence-electron chi connectivity index (χ2n) is 16.4. The summed E-state index contributed by atoms with van der Waals surface area (Å²) in [5.41, 5.74) is -0.546. The number of pyridine rings is 1. The summed E-state index contributed by atoms with van der Waals surface area (Å²) in [4.78, 5) is 15.9. The van der Waals surface area contributed by atoms with Crippen LogP contribution in [0, 0.1) is 23.3 Å². The van der Waals surface area contributed by atoms with E-state index in [2.05, 4.69) is 31.8 Å². The van der Waals surface area contributed by atoms with Crippen LogP contribution in [0.1, 0.15) is 107 Å². The van der Waals surface area contributed by atoms with Crippen molar-refractivity contribution in [2.45, 2.75) is 112 Å². The first-order valence-electron chi connectivity index (χ1n) is 21.1. The van der Waals surface area contributed by atoms with Crippen LogP contribution in [0.15, 0.2) is 103 Å². The fraction of sp³-hybridized carbons (Fsp3) is 0.400. The Balaban J connectivity index is 0.000000548. The number of aromatic nitrogens is 1. The van der Waals surface area contributed by atoms with Crippen LogP contribution in [-0.4, -0.2) is 22.1 Å². The molecule has 0 amide bonds. The summed E-state index contributed by atoms with van der Waals surface area (Å²) >= 11 is 0. The number of halogens is 6. The zero-order valence-corrected chi connectivity index (χ0v) is 38.0. The molecule has 3 nitrogen and oxygen atoms in total. The topological polar surface area (TPSA) is 50.2 Å². The van der Waals surface area contributed by atoms with E-state index in [1.54, 1.807) is 24.3 Å². The average Bonchev–Trinajstić information content (AvgIpc) is 3.20. The van der Waals surface area contributed by atoms with Gasteiger partial charge in [-0.1, -0.05) is 146 Å². The van der Waals surface area contributed by atoms with Crippen LogP contribution in [0.5, 0.6) is 0 Å². The van der Waals surface area contributed by atoms with Gasteiger partial charge in [0, 0.05) is 52.6 Å². The summed E-state index contributed by atoms with van der Waals surface area (Å²) in [5, 5.41) is 11.6. The fourth-order valence-corrected chi connectivity index (χ4v) is 6.86. The van der Waals surface area contributed by atoms with Crippen LogP contribution in [-0.2, 0) is 42.9 Å². The van der Waals surface area contributed by atoms with Gasteiger partial charge in [0.05, 0.1) is 16.7 Å². The average molecular weight is 1010 g/mol. The molecule has 4 aromatic carbocycles. The van der Waals surface area contributed by atoms with E-state index in [1.807, 2.05) is 58.0 Å². The summed E-state index contributed by atoms with van der Waals surface area (Å²) < 4.78 is 99.7. The van der Waals surface area contributed by atoms with Gasteiger partial charge in [-0.05, 0) is 65.3 Å². The van der Waals surface area contributed by atoms with E-state index in [-0.39, 0.29) is 60.0 Å². The van der Waals surface area contributed by atoms with Gasteiger partial charge in [-0.2, -0.15) is 26.3 Å². The van der Waals surface area contributed by atoms with E-state index in [0.717, 1.165) is 62.1 Å². The zero-order chi connectivity index (χ0) is 45.7. The molecule has 0 fully saturated rings. The number of hydrogen-bond acceptors (Lipinski definition) is 3. The third-order valence-corrected chi connectivity index (χ3v) is 10.7. The molecular weight excluding hydrogens is 953 g/mol. The number of nitrogens with zero attached hydrogens (tertiary/aromatic N) is 1. The molecular formula is C50H56F6IrNO2-. The van der Waals surface area contributed by atoms with Gasteiger partial charge in [-0.3, -0.25) is 9.78 Å². The second kappa shape index (κ2) is 20.5. The molecule has 0 spiro atoms. The summed E-state index contributed by atoms with van der Waals surface area (Å²) in [6, 6.07) is 26.4. The van der Waals surface area contributed by atoms with E-state index in [9.17, 15) is 36.2 Å². The SMILES string of the molecule is CCC(CC)C(=O)/C=C(\O)C(CC)CC.[2H]C([2H])(c1ccc(-c2ccc(-c3cc(-c4[c-]c5ccccc5c(C(C)(C)C)c4)ncc3C(F)(F)F)cc2)cc1)C(C)(C)C(F)(F)F.[Ir]. The molecule has 10 heteroatoms. The summed E-state index contributed by atoms with van der Waals surface area (Å²) in [7, 11) is 0. The fourth-order valence-electron chi connectivity index (χ4n) is 6.86. The first kappa shape index (κ1) is 46.8. The minimum atomic E-state index is -4.77. The third kappa shape index (κ3) is 12.4. The Labute approximate surface area is 367 Å². The van der Waals surface area contributed by atoms with Crippen LogP contribution in [0.2, 0.25) is 0 Å². The molecule has 0 aliphatic rings. The molecule has 0 aliphatic carbocycles. The Morgan fingerprint density at radius 3 is 1.77 bits per heavy atom. The van der Waals surface area contributed by atoms with Crippen molar-refractivity contribution in [1.82, 2.24) is 4.98 Å². The van der Waals surface area contributed by atoms with Gasteiger partial charge in [-0.25, -0.2) is 0 Å². The van der Waals surface area contributed by atoms with Gasteiger partial charge in [0.15, 0.2) is 5.78 Å². The first-order valence-corrected chi connectivity index (χ1v) is 20.1. The monoisotopic (exact) mass is 1010 g/mol. The largest absolute Gasteiger partial charge is 0.512 e. The number of ketones is 1. The van der Waals surface area contributed by atoms with Crippen molar-refractivity contribution < 1.29 is 59.1 Å². The van der Waals surface area contributed by atoms with Crippen molar-refractivity contribution in [3.8, 4) is 33.5 Å². The van der Waals surface area contributed by atoms with Crippen molar-refractivity contribution in [3.05, 3.63) is 126 Å². The van der Waals surface area contributed by atoms with Gasteiger partial charge in [0.2, 0.25) is 0 Å². The molecule has 0 aliphatic heterocycles. The van der Waals surface area contributed by atoms with E-state index in [0.29, 0.717) is 27.9 Å². The van der Waals surface area contributed by atoms with E-state index in [1.165, 1.54) is 36.4 Å². The molecule has 60 heavy (non-hydrogen) atoms. The Kier molecular flexibility index (Phi) is 16.0. The van der Waals surface area contributed by atoms with Crippen LogP contribution in [0.4, 0.5) is 26.3 Å². The van der Waals surface area contributed by atoms with Gasteiger partial charge >= 0.3 is 12.4 Å². The van der Waals surface area contributed by atoms with Crippen LogP contribution in [0.3, 0.4) is 0 Å². The molecule has 325 valence electrons. The Bertz CT molecular complexity index is 2300. The first-order chi connectivity index (χ1) is 28.3. The summed E-state index contributed by atoms with van der Waals surface area (Å²) in [5.74, 6) is 0.547. The number of alkyl halides is 6. The Morgan fingerprint density at radius 1 is 0.750 bits per heavy atom. The standard InChI is InChI=1S/C37H32F6N.C13H24O2.Ir/c1-34(2,3)31-19-28(18-27-8-6-7-9-29(27)31)33-20-30(32(22-44-33)36(38,39)40)26-16-14-25(15-17-26)24-12-10-23(11-13-24)21-35(4,5)37(41,42)43;1-5-10(6-2)12(14)9-13(15)11(7-3)8-4;/h6-17,19-20,22H,21H2,1-5H3;9-11,14H,5-8H2,1-4H3;/q-1;;/b;12-9-;/i21D2;;. The van der Waals surface area contributed by atoms with Crippen LogP contribution in [0.25, 0.3) is 44.3 Å². The van der Waals surface area contributed by atoms with Gasteiger partial charge in [-0.15, -0.1) is 29.1 Å². The number of carbonyl (C=O) groups is 1. The third-order valence-electron chi connectivity index (χ3n) is 10.7. The van der Waals surface area contributed by atoms with Crippen LogP contribution < -0.4 is 0 Å². The van der Waals surface area contributed by atoms with Crippen molar-refractivity contribution in [1.29, 1.82) is 0 Å². The second-order valence-corrected chi connectivity index (χ2v) is 16.4. The van der Waals surface area contributed by atoms with Crippen molar-refractivity contribution in [3.63, 3.8) is 0 Å². The molecule has 1 N–H and O–H groups in total. The molecule has 0 saturated heterocycles. The quantitative estimate of drug-likeness (QED) is 0.0586. The Hall–Kier alpha value is -4.27. The molecule has 0 bridgehead atoms. The van der Waals surface area contributed by atoms with Crippen molar-refractivity contribution in [2.24, 2.45) is 17.3 Å². The number of fused-ring (bicyclic) bond motifs is 1. The molecule has 0 saturated carbocycles. The van der Waals surface area contributed by atoms with Gasteiger partial charge < -0.3 is 5.11 Å². The summed E-state index contributed by atoms with van der Waals surface area (Å²) in [6.07, 6.45) is -6.38. The number of carbonyl (C=O) groups excluding carboxylic acids is 1. The molecule has 1 aromatic heterocycles. The number of aliphatic hydroxyl groups is 1. The van der Waals surface area contributed by atoms with E-state index < -0.39 is 29.7 Å². The maximum atomic E-state index is 14.2. The van der Waals surface area contributed by atoms with E-state index >= 15 is 0 Å².